The molecule has 0 aliphatic carbocycles. The lowest BCUT2D eigenvalue weighted by Crippen LogP contribution is -2.17. The van der Waals surface area contributed by atoms with Crippen LogP contribution in [0.4, 0.5) is 18.9 Å². The lowest BCUT2D eigenvalue weighted by molar-refractivity contribution is -0.176. The van der Waals surface area contributed by atoms with Gasteiger partial charge in [0.1, 0.15) is 6.61 Å². The average Bonchev–Trinajstić information content (AvgIpc) is 2.54. The first kappa shape index (κ1) is 18.7. The Morgan fingerprint density at radius 2 is 1.80 bits per heavy atom. The highest BCUT2D eigenvalue weighted by atomic mass is 19.4. The summed E-state index contributed by atoms with van der Waals surface area (Å²) in [6.07, 6.45) is -4.21. The molecular formula is C18H18F3N3O. The molecule has 0 atom stereocenters. The summed E-state index contributed by atoms with van der Waals surface area (Å²) in [4.78, 5) is 4.50. The maximum atomic E-state index is 12.2. The molecule has 0 bridgehead atoms. The molecule has 0 aliphatic rings. The average molecular weight is 349 g/mol. The van der Waals surface area contributed by atoms with Crippen LogP contribution in [0.2, 0.25) is 0 Å². The van der Waals surface area contributed by atoms with Crippen molar-refractivity contribution < 1.29 is 17.9 Å². The van der Waals surface area contributed by atoms with Crippen molar-refractivity contribution in [2.45, 2.75) is 19.2 Å². The molecule has 2 aromatic rings. The second-order valence-electron chi connectivity index (χ2n) is 5.40. The van der Waals surface area contributed by atoms with Gasteiger partial charge >= 0.3 is 6.18 Å². The molecule has 4 nitrogen and oxygen atoms in total. The normalized spacial score (nSPS) is 12.2. The molecule has 2 rings (SSSR count). The van der Waals surface area contributed by atoms with Crippen molar-refractivity contribution in [3.63, 3.8) is 0 Å². The topological polar surface area (TPSA) is 71.5 Å². The third-order valence-electron chi connectivity index (χ3n) is 3.17. The van der Waals surface area contributed by atoms with E-state index >= 15 is 0 Å². The first-order valence-electron chi connectivity index (χ1n) is 7.53. The zero-order valence-corrected chi connectivity index (χ0v) is 13.4. The van der Waals surface area contributed by atoms with E-state index in [0.717, 1.165) is 0 Å². The van der Waals surface area contributed by atoms with E-state index in [1.165, 1.54) is 0 Å². The molecule has 2 aromatic carbocycles. The number of amidine groups is 1. The molecule has 0 aliphatic heterocycles. The van der Waals surface area contributed by atoms with E-state index in [-0.39, 0.29) is 18.9 Å². The Kier molecular flexibility index (Phi) is 6.30. The van der Waals surface area contributed by atoms with Crippen LogP contribution in [0.1, 0.15) is 17.5 Å². The highest BCUT2D eigenvalue weighted by Crippen LogP contribution is 2.18. The van der Waals surface area contributed by atoms with Crippen molar-refractivity contribution in [1.82, 2.24) is 0 Å². The number of rotatable bonds is 7. The van der Waals surface area contributed by atoms with Crippen LogP contribution in [-0.2, 0) is 11.3 Å². The number of para-hydroxylation sites is 1. The summed E-state index contributed by atoms with van der Waals surface area (Å²) in [7, 11) is 0. The Morgan fingerprint density at radius 1 is 1.08 bits per heavy atom. The molecule has 0 heterocycles. The Hall–Kier alpha value is -2.67. The standard InChI is InChI=1S/C18H18F3N3O/c19-18(20,21)12-25-11-13-5-4-6-14(9-13)16(10-17(22)23)24-15-7-2-1-3-8-15/h1-9H,10-12H2,(H3,22,23). The molecule has 132 valence electrons. The number of halogens is 3. The summed E-state index contributed by atoms with van der Waals surface area (Å²) < 4.78 is 41.2. The van der Waals surface area contributed by atoms with Gasteiger partial charge in [-0.3, -0.25) is 10.4 Å². The van der Waals surface area contributed by atoms with Crippen LogP contribution in [0.3, 0.4) is 0 Å². The van der Waals surface area contributed by atoms with E-state index < -0.39 is 12.8 Å². The summed E-state index contributed by atoms with van der Waals surface area (Å²) >= 11 is 0. The van der Waals surface area contributed by atoms with E-state index in [2.05, 4.69) is 9.73 Å². The minimum Gasteiger partial charge on any atom is -0.387 e. The predicted molar refractivity (Wildman–Crippen MR) is 91.3 cm³/mol. The first-order chi connectivity index (χ1) is 11.8. The zero-order chi connectivity index (χ0) is 18.3. The summed E-state index contributed by atoms with van der Waals surface area (Å²) in [6, 6.07) is 16.0. The second kappa shape index (κ2) is 8.43. The summed E-state index contributed by atoms with van der Waals surface area (Å²) in [5, 5.41) is 7.52. The molecule has 0 spiro atoms. The summed E-state index contributed by atoms with van der Waals surface area (Å²) in [6.45, 7) is -1.46. The van der Waals surface area contributed by atoms with Crippen LogP contribution >= 0.6 is 0 Å². The van der Waals surface area contributed by atoms with Gasteiger partial charge < -0.3 is 10.5 Å². The largest absolute Gasteiger partial charge is 0.411 e. The fraction of sp³-hybridized carbons (Fsp3) is 0.222. The van der Waals surface area contributed by atoms with E-state index in [1.54, 1.807) is 24.3 Å². The number of ether oxygens (including phenoxy) is 1. The SMILES string of the molecule is N=C(N)CC(=Nc1ccccc1)c1cccc(COCC(F)(F)F)c1. The van der Waals surface area contributed by atoms with E-state index in [9.17, 15) is 13.2 Å². The number of hydrogen-bond acceptors (Lipinski definition) is 3. The van der Waals surface area contributed by atoms with Gasteiger partial charge in [-0.05, 0) is 29.3 Å². The van der Waals surface area contributed by atoms with Gasteiger partial charge in [0.2, 0.25) is 0 Å². The Balaban J connectivity index is 2.21. The smallest absolute Gasteiger partial charge is 0.387 e. The third kappa shape index (κ3) is 6.76. The highest BCUT2D eigenvalue weighted by molar-refractivity contribution is 6.11. The van der Waals surface area contributed by atoms with E-state index in [0.29, 0.717) is 22.5 Å². The van der Waals surface area contributed by atoms with Crippen molar-refractivity contribution in [2.75, 3.05) is 6.61 Å². The molecule has 0 fully saturated rings. The highest BCUT2D eigenvalue weighted by Gasteiger charge is 2.27. The molecule has 7 heteroatoms. The van der Waals surface area contributed by atoms with Gasteiger partial charge in [-0.1, -0.05) is 36.4 Å². The second-order valence-corrected chi connectivity index (χ2v) is 5.40. The van der Waals surface area contributed by atoms with Crippen LogP contribution < -0.4 is 5.73 Å². The lowest BCUT2D eigenvalue weighted by atomic mass is 10.0. The monoisotopic (exact) mass is 349 g/mol. The molecule has 0 aromatic heterocycles. The summed E-state index contributed by atoms with van der Waals surface area (Å²) in [5.41, 5.74) is 8.05. The number of nitrogens with one attached hydrogen (secondary N) is 1. The number of nitrogens with zero attached hydrogens (tertiary/aromatic N) is 1. The molecule has 25 heavy (non-hydrogen) atoms. The Labute approximate surface area is 143 Å². The van der Waals surface area contributed by atoms with Gasteiger partial charge in [-0.15, -0.1) is 0 Å². The fourth-order valence-corrected chi connectivity index (χ4v) is 2.17. The quantitative estimate of drug-likeness (QED) is 0.580. The molecule has 0 radical (unpaired) electrons. The molecule has 0 amide bonds. The van der Waals surface area contributed by atoms with Crippen LogP contribution in [0.25, 0.3) is 0 Å². The van der Waals surface area contributed by atoms with Crippen molar-refractivity contribution in [1.29, 1.82) is 5.41 Å². The number of aliphatic imine (C=N–C) groups is 1. The van der Waals surface area contributed by atoms with Gasteiger partial charge in [0.05, 0.1) is 23.8 Å². The van der Waals surface area contributed by atoms with Gasteiger partial charge in [0.15, 0.2) is 0 Å². The molecular weight excluding hydrogens is 331 g/mol. The molecule has 3 N–H and O–H groups in total. The van der Waals surface area contributed by atoms with Gasteiger partial charge in [-0.2, -0.15) is 13.2 Å². The Bertz CT molecular complexity index is 743. The number of benzene rings is 2. The van der Waals surface area contributed by atoms with Crippen LogP contribution in [-0.4, -0.2) is 24.3 Å². The van der Waals surface area contributed by atoms with Crippen molar-refractivity contribution in [3.05, 3.63) is 65.7 Å². The minimum absolute atomic E-state index is 0.0478. The third-order valence-corrected chi connectivity index (χ3v) is 3.17. The van der Waals surface area contributed by atoms with Crippen molar-refractivity contribution in [3.8, 4) is 0 Å². The maximum Gasteiger partial charge on any atom is 0.411 e. The number of alkyl halides is 3. The van der Waals surface area contributed by atoms with Crippen LogP contribution in [0, 0.1) is 5.41 Å². The van der Waals surface area contributed by atoms with E-state index in [1.807, 2.05) is 30.3 Å². The minimum atomic E-state index is -4.35. The number of nitrogens with two attached hydrogens (primary N) is 1. The fourth-order valence-electron chi connectivity index (χ4n) is 2.17. The van der Waals surface area contributed by atoms with Crippen LogP contribution in [0.15, 0.2) is 59.6 Å². The number of hydrogen-bond donors (Lipinski definition) is 2. The van der Waals surface area contributed by atoms with Crippen molar-refractivity contribution in [2.24, 2.45) is 10.7 Å². The zero-order valence-electron chi connectivity index (χ0n) is 13.4. The van der Waals surface area contributed by atoms with Gasteiger partial charge in [0, 0.05) is 6.42 Å². The predicted octanol–water partition coefficient (Wildman–Crippen LogP) is 4.21. The molecule has 0 saturated heterocycles. The van der Waals surface area contributed by atoms with Crippen LogP contribution in [0.5, 0.6) is 0 Å². The van der Waals surface area contributed by atoms with Gasteiger partial charge in [-0.25, -0.2) is 0 Å². The van der Waals surface area contributed by atoms with Gasteiger partial charge in [0.25, 0.3) is 0 Å². The molecule has 0 unspecified atom stereocenters. The van der Waals surface area contributed by atoms with Crippen molar-refractivity contribution >= 4 is 17.2 Å². The van der Waals surface area contributed by atoms with E-state index in [4.69, 9.17) is 11.1 Å². The Morgan fingerprint density at radius 3 is 2.44 bits per heavy atom. The molecule has 0 saturated carbocycles. The maximum absolute atomic E-state index is 12.2. The lowest BCUT2D eigenvalue weighted by Gasteiger charge is -2.10. The first-order valence-corrected chi connectivity index (χ1v) is 7.53. The summed E-state index contributed by atoms with van der Waals surface area (Å²) in [5.74, 6) is -0.0478.